The summed E-state index contributed by atoms with van der Waals surface area (Å²) in [6.45, 7) is 0.712. The van der Waals surface area contributed by atoms with Gasteiger partial charge < -0.3 is 14.4 Å². The second kappa shape index (κ2) is 8.65. The molecule has 1 amide bonds. The van der Waals surface area contributed by atoms with Gasteiger partial charge in [0.05, 0.1) is 6.20 Å². The molecule has 1 aliphatic heterocycles. The number of aromatic nitrogens is 1. The van der Waals surface area contributed by atoms with Gasteiger partial charge in [-0.25, -0.2) is 4.98 Å². The summed E-state index contributed by atoms with van der Waals surface area (Å²) in [6.07, 6.45) is 6.02. The summed E-state index contributed by atoms with van der Waals surface area (Å²) in [6, 6.07) is 9.77. The number of aliphatic carboxylic acids is 1. The minimum atomic E-state index is -0.809. The zero-order valence-corrected chi connectivity index (χ0v) is 14.8. The third kappa shape index (κ3) is 4.71. The zero-order valence-electron chi connectivity index (χ0n) is 14.8. The fourth-order valence-corrected chi connectivity index (χ4v) is 3.44. The molecule has 1 fully saturated rings. The van der Waals surface area contributed by atoms with E-state index in [1.54, 1.807) is 6.20 Å². The van der Waals surface area contributed by atoms with Crippen LogP contribution >= 0.6 is 0 Å². The zero-order chi connectivity index (χ0) is 18.4. The molecule has 0 bridgehead atoms. The quantitative estimate of drug-likeness (QED) is 0.820. The molecule has 0 radical (unpaired) electrons. The minimum absolute atomic E-state index is 0.0387. The topological polar surface area (TPSA) is 83.6 Å². The number of carboxylic acids is 1. The molecular weight excluding hydrogens is 332 g/mol. The lowest BCUT2D eigenvalue weighted by molar-refractivity contribution is -0.140. The van der Waals surface area contributed by atoms with Crippen molar-refractivity contribution in [3.05, 3.63) is 42.4 Å². The molecule has 138 valence electrons. The van der Waals surface area contributed by atoms with E-state index < -0.39 is 5.97 Å². The van der Waals surface area contributed by atoms with Gasteiger partial charge in [0, 0.05) is 37.4 Å². The van der Waals surface area contributed by atoms with Crippen molar-refractivity contribution >= 4 is 11.9 Å². The Labute approximate surface area is 152 Å². The van der Waals surface area contributed by atoms with E-state index >= 15 is 0 Å². The number of carbonyl (C=O) groups excluding carboxylic acids is 1. The number of hydrogen-bond acceptors (Lipinski definition) is 4. The van der Waals surface area contributed by atoms with Crippen LogP contribution in [0.1, 0.15) is 44.4 Å². The van der Waals surface area contributed by atoms with Gasteiger partial charge >= 0.3 is 5.97 Å². The van der Waals surface area contributed by atoms with E-state index in [9.17, 15) is 9.59 Å². The van der Waals surface area contributed by atoms with Gasteiger partial charge in [0.1, 0.15) is 0 Å². The highest BCUT2D eigenvalue weighted by molar-refractivity contribution is 5.77. The highest BCUT2D eigenvalue weighted by Crippen LogP contribution is 2.23. The lowest BCUT2D eigenvalue weighted by atomic mass is 9.97. The van der Waals surface area contributed by atoms with Gasteiger partial charge in [-0.15, -0.1) is 0 Å². The van der Waals surface area contributed by atoms with Crippen LogP contribution in [0.3, 0.4) is 0 Å². The molecule has 0 saturated carbocycles. The van der Waals surface area contributed by atoms with Gasteiger partial charge in [-0.3, -0.25) is 9.59 Å². The molecule has 1 aromatic carbocycles. The minimum Gasteiger partial charge on any atom is -0.481 e. The second-order valence-electron chi connectivity index (χ2n) is 6.65. The average Bonchev–Trinajstić information content (AvgIpc) is 3.14. The standard InChI is InChI=1S/C20H24N2O4/c23-19(22-13-5-4-8-16(22)9-12-20(24)25)11-10-18-21-14-17(26-18)15-6-2-1-3-7-15/h1-3,6-7,14,16H,4-5,8-13H2,(H,24,25)/t16-/m1/s1. The summed E-state index contributed by atoms with van der Waals surface area (Å²) in [5, 5.41) is 8.89. The number of carboxylic acid groups (broad SMARTS) is 1. The van der Waals surface area contributed by atoms with Crippen LogP contribution in [0.25, 0.3) is 11.3 Å². The molecule has 1 N–H and O–H groups in total. The van der Waals surface area contributed by atoms with Crippen LogP contribution in [0, 0.1) is 0 Å². The lowest BCUT2D eigenvalue weighted by Crippen LogP contribution is -2.44. The van der Waals surface area contributed by atoms with Crippen molar-refractivity contribution in [2.75, 3.05) is 6.54 Å². The third-order valence-corrected chi connectivity index (χ3v) is 4.80. The van der Waals surface area contributed by atoms with E-state index in [4.69, 9.17) is 9.52 Å². The van der Waals surface area contributed by atoms with E-state index in [0.29, 0.717) is 37.5 Å². The van der Waals surface area contributed by atoms with E-state index in [-0.39, 0.29) is 18.4 Å². The maximum atomic E-state index is 12.6. The van der Waals surface area contributed by atoms with Gasteiger partial charge in [-0.2, -0.15) is 0 Å². The average molecular weight is 356 g/mol. The Bertz CT molecular complexity index is 741. The summed E-state index contributed by atoms with van der Waals surface area (Å²) in [5.74, 6) is 0.498. The first-order valence-corrected chi connectivity index (χ1v) is 9.15. The fraction of sp³-hybridized carbons (Fsp3) is 0.450. The molecule has 1 aromatic heterocycles. The Kier molecular flexibility index (Phi) is 6.04. The van der Waals surface area contributed by atoms with E-state index in [0.717, 1.165) is 24.8 Å². The highest BCUT2D eigenvalue weighted by Gasteiger charge is 2.27. The van der Waals surface area contributed by atoms with E-state index in [1.807, 2.05) is 35.2 Å². The van der Waals surface area contributed by atoms with E-state index in [2.05, 4.69) is 4.98 Å². The number of oxazole rings is 1. The Hall–Kier alpha value is -2.63. The molecule has 1 saturated heterocycles. The number of rotatable bonds is 7. The van der Waals surface area contributed by atoms with Crippen molar-refractivity contribution in [2.45, 2.75) is 51.0 Å². The maximum absolute atomic E-state index is 12.6. The third-order valence-electron chi connectivity index (χ3n) is 4.80. The molecule has 2 aromatic rings. The summed E-state index contributed by atoms with van der Waals surface area (Å²) >= 11 is 0. The predicted octanol–water partition coefficient (Wildman–Crippen LogP) is 3.52. The first kappa shape index (κ1) is 18.2. The first-order chi connectivity index (χ1) is 12.6. The van der Waals surface area contributed by atoms with Gasteiger partial charge in [0.2, 0.25) is 5.91 Å². The number of hydrogen-bond donors (Lipinski definition) is 1. The molecule has 0 aliphatic carbocycles. The number of benzene rings is 1. The van der Waals surface area contributed by atoms with Crippen LogP contribution in [0.2, 0.25) is 0 Å². The molecule has 6 nitrogen and oxygen atoms in total. The molecule has 26 heavy (non-hydrogen) atoms. The Morgan fingerprint density at radius 1 is 1.19 bits per heavy atom. The summed E-state index contributed by atoms with van der Waals surface area (Å²) < 4.78 is 5.75. The molecule has 1 aliphatic rings. The first-order valence-electron chi connectivity index (χ1n) is 9.15. The number of aryl methyl sites for hydroxylation is 1. The van der Waals surface area contributed by atoms with Crippen molar-refractivity contribution in [2.24, 2.45) is 0 Å². The fourth-order valence-electron chi connectivity index (χ4n) is 3.44. The van der Waals surface area contributed by atoms with Crippen molar-refractivity contribution in [3.8, 4) is 11.3 Å². The molecule has 0 spiro atoms. The van der Waals surface area contributed by atoms with Gasteiger partial charge in [-0.1, -0.05) is 30.3 Å². The van der Waals surface area contributed by atoms with E-state index in [1.165, 1.54) is 0 Å². The summed E-state index contributed by atoms with van der Waals surface area (Å²) in [5.41, 5.74) is 0.961. The van der Waals surface area contributed by atoms with Gasteiger partial charge in [-0.05, 0) is 25.7 Å². The number of piperidine rings is 1. The van der Waals surface area contributed by atoms with Gasteiger partial charge in [0.15, 0.2) is 11.7 Å². The van der Waals surface area contributed by atoms with Crippen LogP contribution in [-0.4, -0.2) is 39.5 Å². The number of carbonyl (C=O) groups is 2. The molecule has 6 heteroatoms. The van der Waals surface area contributed by atoms with Crippen molar-refractivity contribution < 1.29 is 19.1 Å². The lowest BCUT2D eigenvalue weighted by Gasteiger charge is -2.35. The number of likely N-dealkylation sites (tertiary alicyclic amines) is 1. The normalized spacial score (nSPS) is 17.2. The Balaban J connectivity index is 1.56. The van der Waals surface area contributed by atoms with Crippen LogP contribution in [0.5, 0.6) is 0 Å². The van der Waals surface area contributed by atoms with Crippen LogP contribution < -0.4 is 0 Å². The molecule has 1 atom stereocenters. The molecular formula is C20H24N2O4. The largest absolute Gasteiger partial charge is 0.481 e. The summed E-state index contributed by atoms with van der Waals surface area (Å²) in [4.78, 5) is 29.6. The maximum Gasteiger partial charge on any atom is 0.303 e. The smallest absolute Gasteiger partial charge is 0.303 e. The van der Waals surface area contributed by atoms with Crippen LogP contribution in [0.4, 0.5) is 0 Å². The van der Waals surface area contributed by atoms with Gasteiger partial charge in [0.25, 0.3) is 0 Å². The SMILES string of the molecule is O=C(O)CC[C@H]1CCCCN1C(=O)CCc1ncc(-c2ccccc2)o1. The highest BCUT2D eigenvalue weighted by atomic mass is 16.4. The van der Waals surface area contributed by atoms with Crippen LogP contribution in [-0.2, 0) is 16.0 Å². The van der Waals surface area contributed by atoms with Crippen molar-refractivity contribution in [1.29, 1.82) is 0 Å². The van der Waals surface area contributed by atoms with Crippen molar-refractivity contribution in [3.63, 3.8) is 0 Å². The monoisotopic (exact) mass is 356 g/mol. The Morgan fingerprint density at radius 2 is 2.00 bits per heavy atom. The molecule has 0 unspecified atom stereocenters. The second-order valence-corrected chi connectivity index (χ2v) is 6.65. The predicted molar refractivity (Wildman–Crippen MR) is 96.5 cm³/mol. The summed E-state index contributed by atoms with van der Waals surface area (Å²) in [7, 11) is 0. The Morgan fingerprint density at radius 3 is 2.77 bits per heavy atom. The molecule has 3 rings (SSSR count). The van der Waals surface area contributed by atoms with Crippen LogP contribution in [0.15, 0.2) is 40.9 Å². The number of nitrogens with zero attached hydrogens (tertiary/aromatic N) is 2. The molecule has 2 heterocycles. The number of amides is 1. The van der Waals surface area contributed by atoms with Crippen molar-refractivity contribution in [1.82, 2.24) is 9.88 Å².